The minimum Gasteiger partial charge on any atom is -0.416 e. The van der Waals surface area contributed by atoms with E-state index in [1.54, 1.807) is 33.8 Å². The third-order valence-electron chi connectivity index (χ3n) is 9.15. The predicted octanol–water partition coefficient (Wildman–Crippen LogP) is 6.90. The van der Waals surface area contributed by atoms with Crippen LogP contribution >= 0.6 is 11.3 Å². The topological polar surface area (TPSA) is 46.6 Å². The second kappa shape index (κ2) is 8.24. The molecular weight excluding hydrogens is 461 g/mol. The van der Waals surface area contributed by atoms with Gasteiger partial charge in [0.25, 0.3) is 0 Å². The molecule has 4 atom stereocenters. The lowest BCUT2D eigenvalue weighted by Crippen LogP contribution is -2.63. The summed E-state index contributed by atoms with van der Waals surface area (Å²) < 4.78 is 39.1. The fourth-order valence-electron chi connectivity index (χ4n) is 6.06. The van der Waals surface area contributed by atoms with Gasteiger partial charge in [0.1, 0.15) is 11.4 Å². The number of esters is 1. The maximum atomic E-state index is 15.9. The van der Waals surface area contributed by atoms with E-state index < -0.39 is 40.1 Å². The first-order chi connectivity index (χ1) is 16.8. The maximum Gasteiger partial charge on any atom is 0.308 e. The van der Waals surface area contributed by atoms with Gasteiger partial charge in [-0.3, -0.25) is 14.5 Å². The molecule has 6 heteroatoms. The summed E-state index contributed by atoms with van der Waals surface area (Å²) in [7, 11) is 0. The quantitative estimate of drug-likeness (QED) is 0.418. The highest BCUT2D eigenvalue weighted by Gasteiger charge is 2.67. The highest BCUT2D eigenvalue weighted by Crippen LogP contribution is 2.63. The Morgan fingerprint density at radius 3 is 2.34 bits per heavy atom. The van der Waals surface area contributed by atoms with Crippen LogP contribution in [0.15, 0.2) is 18.2 Å². The fraction of sp³-hybridized carbons (Fsp3) is 0.586. The number of thiophene rings is 1. The van der Waals surface area contributed by atoms with Crippen LogP contribution in [0.5, 0.6) is 5.06 Å². The Morgan fingerprint density at radius 2 is 1.80 bits per heavy atom. The Balaban J connectivity index is 1.99. The standard InChI is InChI=1S/C29H38FNO3S/c1-15-11-12-22(30)24(16(15)2)29(10,26(33)28(9)17(3)18(28)4)31-14-21-13-23(34-20(6)32)35-25(21)19(5)27(31,7)8/h11-13,17-19H,14H2,1-10H3/i17D,18D. The molecule has 4 nitrogen and oxygen atoms in total. The van der Waals surface area contributed by atoms with Gasteiger partial charge >= 0.3 is 5.97 Å². The van der Waals surface area contributed by atoms with Crippen molar-refractivity contribution in [3.63, 3.8) is 0 Å². The number of rotatable bonds is 5. The van der Waals surface area contributed by atoms with Crippen molar-refractivity contribution in [3.8, 4) is 5.06 Å². The Hall–Kier alpha value is -2.05. The number of hydrogen-bond donors (Lipinski definition) is 0. The zero-order valence-electron chi connectivity index (χ0n) is 24.5. The van der Waals surface area contributed by atoms with Gasteiger partial charge in [0.15, 0.2) is 10.8 Å². The molecule has 1 aromatic heterocycles. The molecule has 2 heterocycles. The van der Waals surface area contributed by atoms with Crippen LogP contribution in [-0.2, 0) is 21.7 Å². The molecule has 1 aromatic carbocycles. The summed E-state index contributed by atoms with van der Waals surface area (Å²) in [4.78, 5) is 29.6. The van der Waals surface area contributed by atoms with Gasteiger partial charge in [-0.1, -0.05) is 33.8 Å². The summed E-state index contributed by atoms with van der Waals surface area (Å²) in [6.07, 6.45) is 0. The summed E-state index contributed by atoms with van der Waals surface area (Å²) in [6, 6.07) is 4.97. The molecule has 0 saturated heterocycles. The second-order valence-electron chi connectivity index (χ2n) is 11.2. The van der Waals surface area contributed by atoms with E-state index in [9.17, 15) is 9.59 Å². The van der Waals surface area contributed by atoms with Gasteiger partial charge in [0.05, 0.1) is 0 Å². The molecule has 1 aliphatic carbocycles. The van der Waals surface area contributed by atoms with Crippen molar-refractivity contribution < 1.29 is 21.5 Å². The number of ketones is 1. The monoisotopic (exact) mass is 501 g/mol. The van der Waals surface area contributed by atoms with Crippen molar-refractivity contribution in [1.82, 2.24) is 4.90 Å². The first-order valence-electron chi connectivity index (χ1n) is 13.2. The average molecular weight is 502 g/mol. The van der Waals surface area contributed by atoms with Crippen LogP contribution in [0, 0.1) is 36.9 Å². The number of halogens is 1. The van der Waals surface area contributed by atoms with E-state index in [4.69, 9.17) is 7.48 Å². The largest absolute Gasteiger partial charge is 0.416 e. The molecule has 35 heavy (non-hydrogen) atoms. The molecule has 2 aliphatic rings. The van der Waals surface area contributed by atoms with Crippen LogP contribution in [0.25, 0.3) is 0 Å². The molecule has 0 spiro atoms. The SMILES string of the molecule is [2H]C1(C)C([2H])(C)C1(C)C(=O)C(C)(c1c(F)ccc(C)c1C)N1Cc2cc(OC(C)=O)sc2C(C)C1(C)C. The first-order valence-corrected chi connectivity index (χ1v) is 13.0. The Kier molecular flexibility index (Phi) is 5.50. The Labute approximate surface area is 215 Å². The number of carbonyl (C=O) groups is 2. The van der Waals surface area contributed by atoms with Crippen LogP contribution < -0.4 is 4.74 Å². The minimum atomic E-state index is -1.46. The van der Waals surface area contributed by atoms with Crippen LogP contribution in [0.1, 0.15) is 91.2 Å². The van der Waals surface area contributed by atoms with Crippen LogP contribution in [0.2, 0.25) is 0 Å². The van der Waals surface area contributed by atoms with E-state index in [0.717, 1.165) is 16.0 Å². The van der Waals surface area contributed by atoms with Crippen molar-refractivity contribution in [3.05, 3.63) is 51.1 Å². The van der Waals surface area contributed by atoms with Crippen molar-refractivity contribution in [2.75, 3.05) is 0 Å². The molecule has 0 amide bonds. The molecule has 0 N–H and O–H groups in total. The van der Waals surface area contributed by atoms with Gasteiger partial charge in [-0.2, -0.15) is 0 Å². The number of fused-ring (bicyclic) bond motifs is 1. The lowest BCUT2D eigenvalue weighted by atomic mass is 9.70. The number of hydrogen-bond acceptors (Lipinski definition) is 5. The molecule has 1 fully saturated rings. The van der Waals surface area contributed by atoms with Gasteiger partial charge in [0.2, 0.25) is 0 Å². The summed E-state index contributed by atoms with van der Waals surface area (Å²) >= 11 is 1.43. The van der Waals surface area contributed by atoms with Gasteiger partial charge < -0.3 is 4.74 Å². The zero-order chi connectivity index (χ0) is 28.1. The van der Waals surface area contributed by atoms with Gasteiger partial charge in [0, 0.05) is 43.5 Å². The fourth-order valence-corrected chi connectivity index (χ4v) is 7.36. The number of Topliss-reactive ketones (excluding diaryl/α,β-unsaturated/α-hetero) is 1. The van der Waals surface area contributed by atoms with Crippen molar-refractivity contribution in [1.29, 1.82) is 0 Å². The highest BCUT2D eigenvalue weighted by atomic mass is 32.1. The van der Waals surface area contributed by atoms with Gasteiger partial charge in [-0.05, 0) is 75.2 Å². The summed E-state index contributed by atoms with van der Waals surface area (Å²) in [5.41, 5.74) is -0.588. The third kappa shape index (κ3) is 3.62. The predicted molar refractivity (Wildman–Crippen MR) is 138 cm³/mol. The van der Waals surface area contributed by atoms with E-state index in [0.29, 0.717) is 22.7 Å². The Morgan fingerprint density at radius 1 is 1.20 bits per heavy atom. The van der Waals surface area contributed by atoms with Gasteiger partial charge in [-0.25, -0.2) is 4.39 Å². The second-order valence-corrected chi connectivity index (χ2v) is 12.2. The van der Waals surface area contributed by atoms with Gasteiger partial charge in [-0.15, -0.1) is 11.3 Å². The molecule has 0 radical (unpaired) electrons. The molecule has 190 valence electrons. The average Bonchev–Trinajstić information content (AvgIpc) is 3.06. The van der Waals surface area contributed by atoms with Crippen molar-refractivity contribution in [2.45, 2.75) is 92.8 Å². The zero-order valence-corrected chi connectivity index (χ0v) is 23.3. The first kappa shape index (κ1) is 23.4. The van der Waals surface area contributed by atoms with Crippen LogP contribution in [0.3, 0.4) is 0 Å². The molecule has 4 rings (SSSR count). The summed E-state index contributed by atoms with van der Waals surface area (Å²) in [5.74, 6) is -3.90. The van der Waals surface area contributed by atoms with Crippen molar-refractivity contribution >= 4 is 23.1 Å². The van der Waals surface area contributed by atoms with Crippen LogP contribution in [0.4, 0.5) is 4.39 Å². The highest BCUT2D eigenvalue weighted by molar-refractivity contribution is 7.14. The van der Waals surface area contributed by atoms with Crippen LogP contribution in [-0.4, -0.2) is 22.2 Å². The lowest BCUT2D eigenvalue weighted by Gasteiger charge is -2.55. The molecular formula is C29H38FNO3S. The molecule has 1 aliphatic heterocycles. The Bertz CT molecular complexity index is 1300. The molecule has 0 bridgehead atoms. The van der Waals surface area contributed by atoms with Crippen molar-refractivity contribution in [2.24, 2.45) is 17.2 Å². The normalized spacial score (nSPS) is 34.3. The number of benzene rings is 1. The van der Waals surface area contributed by atoms with E-state index >= 15 is 4.39 Å². The number of carbonyl (C=O) groups excluding carboxylic acids is 2. The third-order valence-corrected chi connectivity index (χ3v) is 10.4. The van der Waals surface area contributed by atoms with E-state index in [2.05, 4.69) is 25.7 Å². The van der Waals surface area contributed by atoms with E-state index in [1.165, 1.54) is 24.3 Å². The summed E-state index contributed by atoms with van der Waals surface area (Å²) in [6.45, 7) is 18.3. The number of aryl methyl sites for hydroxylation is 1. The van der Waals surface area contributed by atoms with E-state index in [-0.39, 0.29) is 11.7 Å². The van der Waals surface area contributed by atoms with E-state index in [1.807, 2.05) is 19.9 Å². The molecule has 1 saturated carbocycles. The minimum absolute atomic E-state index is 0.0670. The lowest BCUT2D eigenvalue weighted by molar-refractivity contribution is -0.144. The number of nitrogens with zero attached hydrogens (tertiary/aromatic N) is 1. The smallest absolute Gasteiger partial charge is 0.308 e. The summed E-state index contributed by atoms with van der Waals surface area (Å²) in [5, 5.41) is 0.500. The number of ether oxygens (including phenoxy) is 1. The molecule has 2 aromatic rings. The maximum absolute atomic E-state index is 15.9. The molecule has 4 unspecified atom stereocenters.